The molecule has 2 aromatic rings. The number of amides is 3. The van der Waals surface area contributed by atoms with Crippen LogP contribution < -0.4 is 16.0 Å². The number of hydrogen-bond donors (Lipinski definition) is 3. The van der Waals surface area contributed by atoms with Crippen molar-refractivity contribution in [1.82, 2.24) is 10.6 Å². The van der Waals surface area contributed by atoms with Crippen molar-refractivity contribution >= 4 is 35.2 Å². The van der Waals surface area contributed by atoms with E-state index in [1.165, 1.54) is 0 Å². The van der Waals surface area contributed by atoms with Crippen LogP contribution in [0.15, 0.2) is 48.5 Å². The summed E-state index contributed by atoms with van der Waals surface area (Å²) < 4.78 is 5.06. The molecule has 0 aliphatic rings. The first-order valence-electron chi connectivity index (χ1n) is 9.02. The van der Waals surface area contributed by atoms with Gasteiger partial charge in [0.15, 0.2) is 0 Å². The van der Waals surface area contributed by atoms with Gasteiger partial charge in [-0.2, -0.15) is 0 Å². The first-order valence-corrected chi connectivity index (χ1v) is 9.40. The molecule has 0 saturated carbocycles. The van der Waals surface area contributed by atoms with Crippen LogP contribution in [0.2, 0.25) is 5.02 Å². The Hall–Kier alpha value is -3.06. The van der Waals surface area contributed by atoms with Crippen molar-refractivity contribution in [3.8, 4) is 0 Å². The molecule has 0 spiro atoms. The third-order valence-corrected chi connectivity index (χ3v) is 3.94. The molecular weight excluding hydrogens is 394 g/mol. The van der Waals surface area contributed by atoms with Gasteiger partial charge in [0.1, 0.15) is 12.1 Å². The molecule has 0 atom stereocenters. The minimum absolute atomic E-state index is 0.180. The van der Waals surface area contributed by atoms with E-state index in [0.29, 0.717) is 16.3 Å². The van der Waals surface area contributed by atoms with Gasteiger partial charge in [0, 0.05) is 12.2 Å². The highest BCUT2D eigenvalue weighted by molar-refractivity contribution is 6.34. The Morgan fingerprint density at radius 2 is 1.62 bits per heavy atom. The fraction of sp³-hybridized carbons (Fsp3) is 0.286. The first kappa shape index (κ1) is 22.2. The lowest BCUT2D eigenvalue weighted by molar-refractivity contribution is -0.120. The van der Waals surface area contributed by atoms with Crippen molar-refractivity contribution in [3.63, 3.8) is 0 Å². The summed E-state index contributed by atoms with van der Waals surface area (Å²) in [5.74, 6) is -0.642. The molecule has 0 radical (unpaired) electrons. The van der Waals surface area contributed by atoms with E-state index in [-0.39, 0.29) is 24.9 Å². The maximum atomic E-state index is 12.3. The molecule has 2 rings (SSSR count). The smallest absolute Gasteiger partial charge is 0.408 e. The molecule has 7 nitrogen and oxygen atoms in total. The third kappa shape index (κ3) is 7.83. The minimum atomic E-state index is -0.647. The predicted molar refractivity (Wildman–Crippen MR) is 112 cm³/mol. The van der Waals surface area contributed by atoms with Crippen molar-refractivity contribution in [1.29, 1.82) is 0 Å². The van der Waals surface area contributed by atoms with E-state index in [4.69, 9.17) is 16.3 Å². The number of benzene rings is 2. The molecule has 3 N–H and O–H groups in total. The summed E-state index contributed by atoms with van der Waals surface area (Å²) in [6, 6.07) is 13.8. The van der Waals surface area contributed by atoms with Gasteiger partial charge < -0.3 is 20.7 Å². The van der Waals surface area contributed by atoms with E-state index in [2.05, 4.69) is 16.0 Å². The van der Waals surface area contributed by atoms with Crippen molar-refractivity contribution < 1.29 is 19.1 Å². The highest BCUT2D eigenvalue weighted by atomic mass is 35.5. The van der Waals surface area contributed by atoms with E-state index in [0.717, 1.165) is 5.56 Å². The lowest BCUT2D eigenvalue weighted by Gasteiger charge is -2.19. The molecular formula is C21H24ClN3O4. The lowest BCUT2D eigenvalue weighted by Crippen LogP contribution is -2.39. The van der Waals surface area contributed by atoms with Crippen LogP contribution in [0.5, 0.6) is 0 Å². The van der Waals surface area contributed by atoms with Gasteiger partial charge in [-0.3, -0.25) is 9.59 Å². The average Bonchev–Trinajstić information content (AvgIpc) is 2.64. The number of alkyl carbamates (subject to hydrolysis) is 1. The molecule has 29 heavy (non-hydrogen) atoms. The van der Waals surface area contributed by atoms with Crippen LogP contribution in [0, 0.1) is 0 Å². The van der Waals surface area contributed by atoms with Gasteiger partial charge in [-0.05, 0) is 50.6 Å². The van der Waals surface area contributed by atoms with Crippen LogP contribution in [0.3, 0.4) is 0 Å². The third-order valence-electron chi connectivity index (χ3n) is 3.61. The van der Waals surface area contributed by atoms with E-state index in [9.17, 15) is 14.4 Å². The van der Waals surface area contributed by atoms with E-state index in [1.54, 1.807) is 69.3 Å². The fourth-order valence-corrected chi connectivity index (χ4v) is 2.50. The number of carbonyl (C=O) groups is 3. The molecule has 0 fully saturated rings. The Labute approximate surface area is 174 Å². The highest BCUT2D eigenvalue weighted by Crippen LogP contribution is 2.17. The SMILES string of the molecule is CC(C)(C)OC(=O)NCC(=O)NCc1ccc(NC(=O)c2ccccc2Cl)cc1. The van der Waals surface area contributed by atoms with Crippen LogP contribution in [0.4, 0.5) is 10.5 Å². The van der Waals surface area contributed by atoms with Gasteiger partial charge in [-0.25, -0.2) is 4.79 Å². The lowest BCUT2D eigenvalue weighted by atomic mass is 10.2. The fourth-order valence-electron chi connectivity index (χ4n) is 2.28. The highest BCUT2D eigenvalue weighted by Gasteiger charge is 2.16. The molecule has 8 heteroatoms. The summed E-state index contributed by atoms with van der Waals surface area (Å²) >= 11 is 6.02. The Morgan fingerprint density at radius 1 is 0.966 bits per heavy atom. The maximum Gasteiger partial charge on any atom is 0.408 e. The molecule has 2 aromatic carbocycles. The average molecular weight is 418 g/mol. The van der Waals surface area contributed by atoms with E-state index < -0.39 is 11.7 Å². The van der Waals surface area contributed by atoms with Crippen LogP contribution in [-0.4, -0.2) is 30.1 Å². The van der Waals surface area contributed by atoms with Crippen molar-refractivity contribution in [2.75, 3.05) is 11.9 Å². The Balaban J connectivity index is 1.79. The summed E-state index contributed by atoms with van der Waals surface area (Å²) in [5, 5.41) is 8.24. The van der Waals surface area contributed by atoms with Gasteiger partial charge in [0.25, 0.3) is 5.91 Å². The zero-order chi connectivity index (χ0) is 21.4. The summed E-state index contributed by atoms with van der Waals surface area (Å²) in [6.45, 7) is 5.34. The number of ether oxygens (including phenoxy) is 1. The van der Waals surface area contributed by atoms with Crippen molar-refractivity contribution in [2.45, 2.75) is 32.9 Å². The second kappa shape index (κ2) is 9.93. The molecule has 3 amide bonds. The van der Waals surface area contributed by atoms with Gasteiger partial charge in [0.2, 0.25) is 5.91 Å². The second-order valence-corrected chi connectivity index (χ2v) is 7.67. The van der Waals surface area contributed by atoms with Crippen LogP contribution >= 0.6 is 11.6 Å². The number of carbonyl (C=O) groups excluding carboxylic acids is 3. The minimum Gasteiger partial charge on any atom is -0.444 e. The maximum absolute atomic E-state index is 12.3. The van der Waals surface area contributed by atoms with Gasteiger partial charge in [0.05, 0.1) is 10.6 Å². The summed E-state index contributed by atoms with van der Waals surface area (Å²) in [6.07, 6.45) is -0.647. The quantitative estimate of drug-likeness (QED) is 0.667. The van der Waals surface area contributed by atoms with Crippen molar-refractivity contribution in [3.05, 3.63) is 64.7 Å². The normalized spacial score (nSPS) is 10.8. The van der Waals surface area contributed by atoms with E-state index >= 15 is 0 Å². The molecule has 154 valence electrons. The molecule has 0 aromatic heterocycles. The molecule has 0 aliphatic heterocycles. The Morgan fingerprint density at radius 3 is 2.24 bits per heavy atom. The monoisotopic (exact) mass is 417 g/mol. The number of nitrogens with one attached hydrogen (secondary N) is 3. The van der Waals surface area contributed by atoms with Gasteiger partial charge in [-0.15, -0.1) is 0 Å². The summed E-state index contributed by atoms with van der Waals surface area (Å²) in [5.41, 5.74) is 1.22. The number of hydrogen-bond acceptors (Lipinski definition) is 4. The Bertz CT molecular complexity index is 876. The zero-order valence-electron chi connectivity index (χ0n) is 16.5. The molecule has 0 bridgehead atoms. The van der Waals surface area contributed by atoms with Gasteiger partial charge >= 0.3 is 6.09 Å². The van der Waals surface area contributed by atoms with Gasteiger partial charge in [-0.1, -0.05) is 35.9 Å². The zero-order valence-corrected chi connectivity index (χ0v) is 17.3. The molecule has 0 unspecified atom stereocenters. The number of anilines is 1. The largest absolute Gasteiger partial charge is 0.444 e. The number of rotatable bonds is 6. The van der Waals surface area contributed by atoms with Crippen LogP contribution in [0.1, 0.15) is 36.7 Å². The molecule has 0 heterocycles. The van der Waals surface area contributed by atoms with Crippen LogP contribution in [0.25, 0.3) is 0 Å². The van der Waals surface area contributed by atoms with Crippen LogP contribution in [-0.2, 0) is 16.1 Å². The van der Waals surface area contributed by atoms with Crippen molar-refractivity contribution in [2.24, 2.45) is 0 Å². The first-order chi connectivity index (χ1) is 13.6. The number of halogens is 1. The predicted octanol–water partition coefficient (Wildman–Crippen LogP) is 3.73. The Kier molecular flexibility index (Phi) is 7.61. The summed E-state index contributed by atoms with van der Waals surface area (Å²) in [7, 11) is 0. The second-order valence-electron chi connectivity index (χ2n) is 7.26. The topological polar surface area (TPSA) is 96.5 Å². The summed E-state index contributed by atoms with van der Waals surface area (Å²) in [4.78, 5) is 35.6. The molecule has 0 saturated heterocycles. The molecule has 0 aliphatic carbocycles. The standard InChI is InChI=1S/C21H24ClN3O4/c1-21(2,3)29-20(28)24-13-18(26)23-12-14-8-10-15(11-9-14)25-19(27)16-6-4-5-7-17(16)22/h4-11H,12-13H2,1-3H3,(H,23,26)(H,24,28)(H,25,27). The van der Waals surface area contributed by atoms with E-state index in [1.807, 2.05) is 0 Å².